The minimum atomic E-state index is -0.882. The Balaban J connectivity index is 2.05. The van der Waals surface area contributed by atoms with Crippen molar-refractivity contribution in [3.63, 3.8) is 0 Å². The molecule has 0 aliphatic carbocycles. The number of benzene rings is 1. The highest BCUT2D eigenvalue weighted by atomic mass is 16.6. The number of aromatic nitrogens is 2. The number of rotatable bonds is 7. The zero-order valence-electron chi connectivity index (χ0n) is 12.9. The van der Waals surface area contributed by atoms with E-state index < -0.39 is 28.8 Å². The third kappa shape index (κ3) is 4.38. The van der Waals surface area contributed by atoms with E-state index in [2.05, 4.69) is 10.3 Å². The Morgan fingerprint density at radius 1 is 1.38 bits per heavy atom. The smallest absolute Gasteiger partial charge is 0.435 e. The summed E-state index contributed by atoms with van der Waals surface area (Å²) < 4.78 is 5.79. The van der Waals surface area contributed by atoms with Crippen LogP contribution in [0.2, 0.25) is 0 Å². The highest BCUT2D eigenvalue weighted by Gasteiger charge is 2.24. The minimum absolute atomic E-state index is 0.255. The van der Waals surface area contributed by atoms with E-state index in [-0.39, 0.29) is 13.0 Å². The van der Waals surface area contributed by atoms with Gasteiger partial charge in [0, 0.05) is 6.42 Å². The van der Waals surface area contributed by atoms with Gasteiger partial charge in [-0.25, -0.2) is 9.36 Å². The second-order valence-electron chi connectivity index (χ2n) is 4.95. The van der Waals surface area contributed by atoms with Crippen LogP contribution in [0.5, 0.6) is 0 Å². The maximum atomic E-state index is 12.1. The molecule has 1 aromatic heterocycles. The van der Waals surface area contributed by atoms with E-state index in [1.807, 2.05) is 30.3 Å². The molecule has 1 N–H and O–H groups in total. The number of ether oxygens (including phenoxy) is 1. The first kappa shape index (κ1) is 17.1. The topological polar surface area (TPSA) is 116 Å². The number of hydrogen-bond acceptors (Lipinski definition) is 6. The van der Waals surface area contributed by atoms with Crippen molar-refractivity contribution in [1.82, 2.24) is 14.9 Å². The molecule has 1 unspecified atom stereocenters. The monoisotopic (exact) mass is 332 g/mol. The first-order chi connectivity index (χ1) is 11.5. The number of nitro groups is 1. The van der Waals surface area contributed by atoms with Crippen LogP contribution in [-0.2, 0) is 27.3 Å². The number of hydrogen-bond donors (Lipinski definition) is 1. The number of imidazole rings is 1. The summed E-state index contributed by atoms with van der Waals surface area (Å²) in [6, 6.07) is 8.24. The Kier molecular flexibility index (Phi) is 5.61. The Bertz CT molecular complexity index is 728. The number of carbonyl (C=O) groups is 2. The Morgan fingerprint density at radius 3 is 2.71 bits per heavy atom. The maximum absolute atomic E-state index is 12.1. The molecule has 2 aromatic rings. The normalized spacial score (nSPS) is 11.5. The van der Waals surface area contributed by atoms with Crippen molar-refractivity contribution in [2.75, 3.05) is 7.11 Å². The van der Waals surface area contributed by atoms with Crippen LogP contribution in [0, 0.1) is 10.1 Å². The molecule has 24 heavy (non-hydrogen) atoms. The summed E-state index contributed by atoms with van der Waals surface area (Å²) in [5.41, 5.74) is 0.849. The van der Waals surface area contributed by atoms with Crippen LogP contribution in [0.25, 0.3) is 0 Å². The van der Waals surface area contributed by atoms with Crippen molar-refractivity contribution in [1.29, 1.82) is 0 Å². The van der Waals surface area contributed by atoms with Gasteiger partial charge in [0.1, 0.15) is 18.4 Å². The fraction of sp³-hybridized carbons (Fsp3) is 0.267. The lowest BCUT2D eigenvalue weighted by Gasteiger charge is -2.16. The van der Waals surface area contributed by atoms with Gasteiger partial charge in [0.15, 0.2) is 6.54 Å². The fourth-order valence-electron chi connectivity index (χ4n) is 2.18. The molecular formula is C15H16N4O5. The molecule has 126 valence electrons. The molecular weight excluding hydrogens is 316 g/mol. The van der Waals surface area contributed by atoms with Gasteiger partial charge in [-0.15, -0.1) is 0 Å². The summed E-state index contributed by atoms with van der Waals surface area (Å²) >= 11 is 0. The van der Waals surface area contributed by atoms with Gasteiger partial charge in [-0.05, 0) is 10.5 Å². The molecule has 1 heterocycles. The van der Waals surface area contributed by atoms with Gasteiger partial charge in [-0.3, -0.25) is 4.79 Å². The Hall–Kier alpha value is -3.23. The molecule has 0 radical (unpaired) electrons. The van der Waals surface area contributed by atoms with Crippen LogP contribution < -0.4 is 5.32 Å². The van der Waals surface area contributed by atoms with Crippen LogP contribution in [0.15, 0.2) is 42.7 Å². The van der Waals surface area contributed by atoms with Crippen molar-refractivity contribution in [3.05, 3.63) is 58.4 Å². The maximum Gasteiger partial charge on any atom is 0.435 e. The van der Waals surface area contributed by atoms with Gasteiger partial charge in [-0.2, -0.15) is 0 Å². The second-order valence-corrected chi connectivity index (χ2v) is 4.95. The lowest BCUT2D eigenvalue weighted by molar-refractivity contribution is -0.396. The summed E-state index contributed by atoms with van der Waals surface area (Å²) in [6.07, 6.45) is 2.81. The van der Waals surface area contributed by atoms with E-state index in [0.29, 0.717) is 0 Å². The van der Waals surface area contributed by atoms with Crippen LogP contribution in [0.3, 0.4) is 0 Å². The molecule has 0 bridgehead atoms. The SMILES string of the molecule is COC(=O)C(Cc1ccccc1)NC(=O)Cn1ccnc1[N+](=O)[O-]. The minimum Gasteiger partial charge on any atom is -0.467 e. The number of methoxy groups -OCH3 is 1. The lowest BCUT2D eigenvalue weighted by Crippen LogP contribution is -2.44. The summed E-state index contributed by atoms with van der Waals surface area (Å²) in [6.45, 7) is -0.321. The van der Waals surface area contributed by atoms with Gasteiger partial charge in [0.05, 0.1) is 7.11 Å². The zero-order valence-corrected chi connectivity index (χ0v) is 12.9. The molecule has 0 spiro atoms. The summed E-state index contributed by atoms with van der Waals surface area (Å²) in [7, 11) is 1.23. The quantitative estimate of drug-likeness (QED) is 0.453. The average Bonchev–Trinajstić information content (AvgIpc) is 3.02. The molecule has 1 aromatic carbocycles. The van der Waals surface area contributed by atoms with Gasteiger partial charge in [0.2, 0.25) is 0 Å². The van der Waals surface area contributed by atoms with Crippen molar-refractivity contribution in [3.8, 4) is 0 Å². The van der Waals surface area contributed by atoms with Gasteiger partial charge in [-0.1, -0.05) is 35.3 Å². The number of nitrogens with zero attached hydrogens (tertiary/aromatic N) is 3. The summed E-state index contributed by atoms with van der Waals surface area (Å²) in [5.74, 6) is -1.59. The van der Waals surface area contributed by atoms with Crippen LogP contribution in [0.1, 0.15) is 5.56 Å². The van der Waals surface area contributed by atoms with Gasteiger partial charge < -0.3 is 20.2 Å². The first-order valence-corrected chi connectivity index (χ1v) is 7.08. The second kappa shape index (κ2) is 7.86. The van der Waals surface area contributed by atoms with Gasteiger partial charge >= 0.3 is 11.9 Å². The molecule has 0 fully saturated rings. The summed E-state index contributed by atoms with van der Waals surface area (Å²) in [5, 5.41) is 13.3. The number of amides is 1. The molecule has 0 aliphatic heterocycles. The predicted molar refractivity (Wildman–Crippen MR) is 83.0 cm³/mol. The molecule has 0 saturated heterocycles. The van der Waals surface area contributed by atoms with E-state index in [1.165, 1.54) is 19.5 Å². The van der Waals surface area contributed by atoms with E-state index in [9.17, 15) is 19.7 Å². The zero-order chi connectivity index (χ0) is 17.5. The van der Waals surface area contributed by atoms with Gasteiger partial charge in [0.25, 0.3) is 5.91 Å². The molecule has 1 amide bonds. The van der Waals surface area contributed by atoms with Crippen molar-refractivity contribution in [2.24, 2.45) is 0 Å². The summed E-state index contributed by atoms with van der Waals surface area (Å²) in [4.78, 5) is 37.7. The van der Waals surface area contributed by atoms with E-state index >= 15 is 0 Å². The molecule has 2 rings (SSSR count). The molecule has 0 saturated carbocycles. The Labute approximate surface area is 137 Å². The number of nitrogens with one attached hydrogen (secondary N) is 1. The molecule has 0 aliphatic rings. The third-order valence-electron chi connectivity index (χ3n) is 3.27. The molecule has 9 heteroatoms. The highest BCUT2D eigenvalue weighted by molar-refractivity contribution is 5.84. The van der Waals surface area contributed by atoms with Crippen molar-refractivity contribution < 1.29 is 19.2 Å². The highest BCUT2D eigenvalue weighted by Crippen LogP contribution is 2.08. The number of esters is 1. The first-order valence-electron chi connectivity index (χ1n) is 7.08. The lowest BCUT2D eigenvalue weighted by atomic mass is 10.1. The largest absolute Gasteiger partial charge is 0.467 e. The molecule has 9 nitrogen and oxygen atoms in total. The molecule has 1 atom stereocenters. The van der Waals surface area contributed by atoms with E-state index in [0.717, 1.165) is 10.1 Å². The van der Waals surface area contributed by atoms with Crippen LogP contribution >= 0.6 is 0 Å². The van der Waals surface area contributed by atoms with Crippen molar-refractivity contribution >= 4 is 17.8 Å². The average molecular weight is 332 g/mol. The van der Waals surface area contributed by atoms with E-state index in [1.54, 1.807) is 0 Å². The Morgan fingerprint density at radius 2 is 2.08 bits per heavy atom. The van der Waals surface area contributed by atoms with Crippen molar-refractivity contribution in [2.45, 2.75) is 19.0 Å². The standard InChI is InChI=1S/C15H16N4O5/c1-24-14(21)12(9-11-5-3-2-4-6-11)17-13(20)10-18-8-7-16-15(18)19(22)23/h2-8,12H,9-10H2,1H3,(H,17,20). The van der Waals surface area contributed by atoms with Crippen LogP contribution in [-0.4, -0.2) is 39.5 Å². The van der Waals surface area contributed by atoms with Crippen LogP contribution in [0.4, 0.5) is 5.95 Å². The predicted octanol–water partition coefficient (Wildman–Crippen LogP) is 0.692. The number of carbonyl (C=O) groups excluding carboxylic acids is 2. The third-order valence-corrected chi connectivity index (χ3v) is 3.27. The fourth-order valence-corrected chi connectivity index (χ4v) is 2.18. The van der Waals surface area contributed by atoms with E-state index in [4.69, 9.17) is 4.74 Å².